The molecule has 0 heterocycles. The summed E-state index contributed by atoms with van der Waals surface area (Å²) in [7, 11) is 1.69. The van der Waals surface area contributed by atoms with Crippen molar-refractivity contribution in [2.45, 2.75) is 32.7 Å². The summed E-state index contributed by atoms with van der Waals surface area (Å²) in [6.07, 6.45) is 0.965. The smallest absolute Gasteiger partial charge is 0.144 e. The Hall–Kier alpha value is -1.42. The topological polar surface area (TPSA) is 56.5 Å². The van der Waals surface area contributed by atoms with E-state index >= 15 is 0 Å². The highest BCUT2D eigenvalue weighted by molar-refractivity contribution is 5.73. The number of methoxy groups -OCH3 is 1. The van der Waals surface area contributed by atoms with Crippen molar-refractivity contribution in [3.63, 3.8) is 0 Å². The van der Waals surface area contributed by atoms with Crippen molar-refractivity contribution in [1.82, 2.24) is 0 Å². The number of anilines is 2. The molecule has 1 aromatic rings. The first kappa shape index (κ1) is 14.6. The number of nitrogens with one attached hydrogen (secondary N) is 1. The average Bonchev–Trinajstić information content (AvgIpc) is 2.30. The molecule has 102 valence electrons. The molecule has 0 spiro atoms. The van der Waals surface area contributed by atoms with E-state index < -0.39 is 0 Å². The lowest BCUT2D eigenvalue weighted by Crippen LogP contribution is -2.36. The monoisotopic (exact) mass is 252 g/mol. The highest BCUT2D eigenvalue weighted by atomic mass is 16.5. The van der Waals surface area contributed by atoms with E-state index in [9.17, 15) is 0 Å². The standard InChI is InChI=1S/C14H24N2O2/c1-5-9-18-12-8-6-7-11(13(12)15)16-14(2,3)10-17-4/h6-8,16H,5,9-10,15H2,1-4H3. The van der Waals surface area contributed by atoms with E-state index in [0.29, 0.717) is 18.9 Å². The maximum Gasteiger partial charge on any atom is 0.144 e. The van der Waals surface area contributed by atoms with Crippen molar-refractivity contribution < 1.29 is 9.47 Å². The average molecular weight is 252 g/mol. The zero-order valence-electron chi connectivity index (χ0n) is 11.7. The summed E-state index contributed by atoms with van der Waals surface area (Å²) in [4.78, 5) is 0. The van der Waals surface area contributed by atoms with Crippen LogP contribution in [-0.4, -0.2) is 25.9 Å². The maximum absolute atomic E-state index is 6.10. The molecule has 4 nitrogen and oxygen atoms in total. The number of hydrogen-bond acceptors (Lipinski definition) is 4. The van der Waals surface area contributed by atoms with Crippen LogP contribution in [0.3, 0.4) is 0 Å². The SMILES string of the molecule is CCCOc1cccc(NC(C)(C)COC)c1N. The highest BCUT2D eigenvalue weighted by Gasteiger charge is 2.19. The molecule has 0 atom stereocenters. The van der Waals surface area contributed by atoms with E-state index in [1.807, 2.05) is 18.2 Å². The number of benzene rings is 1. The summed E-state index contributed by atoms with van der Waals surface area (Å²) in [5.41, 5.74) is 7.45. The molecule has 0 saturated heterocycles. The van der Waals surface area contributed by atoms with E-state index in [-0.39, 0.29) is 5.54 Å². The molecule has 0 amide bonds. The lowest BCUT2D eigenvalue weighted by Gasteiger charge is -2.27. The van der Waals surface area contributed by atoms with Gasteiger partial charge in [-0.05, 0) is 32.4 Å². The third kappa shape index (κ3) is 4.11. The van der Waals surface area contributed by atoms with Crippen LogP contribution in [0.15, 0.2) is 18.2 Å². The van der Waals surface area contributed by atoms with Crippen LogP contribution in [0.25, 0.3) is 0 Å². The van der Waals surface area contributed by atoms with Crippen LogP contribution < -0.4 is 15.8 Å². The third-order valence-electron chi connectivity index (χ3n) is 2.51. The summed E-state index contributed by atoms with van der Waals surface area (Å²) >= 11 is 0. The summed E-state index contributed by atoms with van der Waals surface area (Å²) in [5, 5.41) is 3.37. The fraction of sp³-hybridized carbons (Fsp3) is 0.571. The molecule has 0 aliphatic heterocycles. The van der Waals surface area contributed by atoms with Gasteiger partial charge in [-0.1, -0.05) is 13.0 Å². The van der Waals surface area contributed by atoms with Crippen molar-refractivity contribution >= 4 is 11.4 Å². The van der Waals surface area contributed by atoms with Gasteiger partial charge in [0.2, 0.25) is 0 Å². The lowest BCUT2D eigenvalue weighted by molar-refractivity contribution is 0.158. The zero-order valence-corrected chi connectivity index (χ0v) is 11.7. The van der Waals surface area contributed by atoms with Gasteiger partial charge in [-0.3, -0.25) is 0 Å². The van der Waals surface area contributed by atoms with E-state index in [1.165, 1.54) is 0 Å². The zero-order chi connectivity index (χ0) is 13.6. The van der Waals surface area contributed by atoms with E-state index in [1.54, 1.807) is 7.11 Å². The molecule has 0 aliphatic carbocycles. The Balaban J connectivity index is 2.83. The van der Waals surface area contributed by atoms with E-state index in [4.69, 9.17) is 15.2 Å². The molecule has 0 saturated carbocycles. The van der Waals surface area contributed by atoms with Crippen LogP contribution in [0.4, 0.5) is 11.4 Å². The van der Waals surface area contributed by atoms with Gasteiger partial charge in [0, 0.05) is 7.11 Å². The van der Waals surface area contributed by atoms with E-state index in [2.05, 4.69) is 26.1 Å². The predicted octanol–water partition coefficient (Wildman–Crippen LogP) is 2.89. The Morgan fingerprint density at radius 3 is 2.67 bits per heavy atom. The number of para-hydroxylation sites is 1. The summed E-state index contributed by atoms with van der Waals surface area (Å²) in [5.74, 6) is 0.732. The van der Waals surface area contributed by atoms with Crippen LogP contribution in [0.2, 0.25) is 0 Å². The number of rotatable bonds is 7. The molecule has 1 rings (SSSR count). The molecule has 0 radical (unpaired) electrons. The predicted molar refractivity (Wildman–Crippen MR) is 76.2 cm³/mol. The lowest BCUT2D eigenvalue weighted by atomic mass is 10.1. The molecule has 0 aliphatic rings. The van der Waals surface area contributed by atoms with Gasteiger partial charge in [-0.25, -0.2) is 0 Å². The minimum absolute atomic E-state index is 0.174. The van der Waals surface area contributed by atoms with Crippen molar-refractivity contribution in [1.29, 1.82) is 0 Å². The number of nitrogens with two attached hydrogens (primary N) is 1. The van der Waals surface area contributed by atoms with Crippen LogP contribution in [0.5, 0.6) is 5.75 Å². The van der Waals surface area contributed by atoms with Gasteiger partial charge in [0.25, 0.3) is 0 Å². The second-order valence-electron chi connectivity index (χ2n) is 5.01. The number of ether oxygens (including phenoxy) is 2. The molecule has 1 aromatic carbocycles. The van der Waals surface area contributed by atoms with Gasteiger partial charge in [-0.2, -0.15) is 0 Å². The van der Waals surface area contributed by atoms with Crippen molar-refractivity contribution in [2.75, 3.05) is 31.4 Å². The molecule has 0 unspecified atom stereocenters. The molecular weight excluding hydrogens is 228 g/mol. The quantitative estimate of drug-likeness (QED) is 0.733. The van der Waals surface area contributed by atoms with Gasteiger partial charge in [0.1, 0.15) is 5.75 Å². The van der Waals surface area contributed by atoms with Crippen molar-refractivity contribution in [3.05, 3.63) is 18.2 Å². The van der Waals surface area contributed by atoms with E-state index in [0.717, 1.165) is 17.9 Å². The minimum atomic E-state index is -0.174. The minimum Gasteiger partial charge on any atom is -0.491 e. The highest BCUT2D eigenvalue weighted by Crippen LogP contribution is 2.31. The summed E-state index contributed by atoms with van der Waals surface area (Å²) in [6, 6.07) is 5.78. The van der Waals surface area contributed by atoms with Gasteiger partial charge in [-0.15, -0.1) is 0 Å². The first-order chi connectivity index (χ1) is 8.50. The van der Waals surface area contributed by atoms with Crippen LogP contribution in [-0.2, 0) is 4.74 Å². The van der Waals surface area contributed by atoms with Gasteiger partial charge < -0.3 is 20.5 Å². The Morgan fingerprint density at radius 2 is 2.06 bits per heavy atom. The molecule has 18 heavy (non-hydrogen) atoms. The second-order valence-corrected chi connectivity index (χ2v) is 5.01. The van der Waals surface area contributed by atoms with Gasteiger partial charge >= 0.3 is 0 Å². The second kappa shape index (κ2) is 6.50. The number of nitrogen functional groups attached to an aromatic ring is 1. The van der Waals surface area contributed by atoms with Gasteiger partial charge in [0.15, 0.2) is 0 Å². The molecule has 3 N–H and O–H groups in total. The van der Waals surface area contributed by atoms with Crippen LogP contribution in [0, 0.1) is 0 Å². The van der Waals surface area contributed by atoms with Crippen molar-refractivity contribution in [3.8, 4) is 5.75 Å². The third-order valence-corrected chi connectivity index (χ3v) is 2.51. The van der Waals surface area contributed by atoms with Crippen molar-refractivity contribution in [2.24, 2.45) is 0 Å². The Morgan fingerprint density at radius 1 is 1.33 bits per heavy atom. The normalized spacial score (nSPS) is 11.3. The fourth-order valence-electron chi connectivity index (χ4n) is 1.75. The largest absolute Gasteiger partial charge is 0.491 e. The molecule has 4 heteroatoms. The molecule has 0 fully saturated rings. The first-order valence-corrected chi connectivity index (χ1v) is 6.28. The Labute approximate surface area is 109 Å². The molecule has 0 aromatic heterocycles. The fourth-order valence-corrected chi connectivity index (χ4v) is 1.75. The Bertz CT molecular complexity index is 378. The number of hydrogen-bond donors (Lipinski definition) is 2. The van der Waals surface area contributed by atoms with Crippen LogP contribution in [0.1, 0.15) is 27.2 Å². The molecular formula is C14H24N2O2. The summed E-state index contributed by atoms with van der Waals surface area (Å²) in [6.45, 7) is 7.48. The maximum atomic E-state index is 6.10. The molecule has 0 bridgehead atoms. The van der Waals surface area contributed by atoms with Gasteiger partial charge in [0.05, 0.1) is 30.1 Å². The first-order valence-electron chi connectivity index (χ1n) is 6.28. The Kier molecular flexibility index (Phi) is 5.28. The summed E-state index contributed by atoms with van der Waals surface area (Å²) < 4.78 is 10.8. The van der Waals surface area contributed by atoms with Crippen LogP contribution >= 0.6 is 0 Å².